The summed E-state index contributed by atoms with van der Waals surface area (Å²) in [6.45, 7) is 1.79. The molecule has 4 N–H and O–H groups in total. The van der Waals surface area contributed by atoms with E-state index in [1.165, 1.54) is 17.3 Å². The van der Waals surface area contributed by atoms with Crippen molar-refractivity contribution >= 4 is 29.4 Å². The van der Waals surface area contributed by atoms with Gasteiger partial charge in [0.05, 0.1) is 0 Å². The summed E-state index contributed by atoms with van der Waals surface area (Å²) in [6, 6.07) is 3.77. The van der Waals surface area contributed by atoms with Gasteiger partial charge in [-0.25, -0.2) is 0 Å². The summed E-state index contributed by atoms with van der Waals surface area (Å²) in [5, 5.41) is 15.7. The molecule has 0 saturated carbocycles. The van der Waals surface area contributed by atoms with Crippen LogP contribution in [0.2, 0.25) is 0 Å². The van der Waals surface area contributed by atoms with Crippen LogP contribution in [0.1, 0.15) is 11.3 Å². The average Bonchev–Trinajstić information content (AvgIpc) is 2.48. The zero-order chi connectivity index (χ0) is 13.5. The molecule has 0 bridgehead atoms. The quantitative estimate of drug-likeness (QED) is 0.327. The van der Waals surface area contributed by atoms with Crippen LogP contribution in [-0.2, 0) is 6.54 Å². The highest BCUT2D eigenvalue weighted by Crippen LogP contribution is 2.23. The van der Waals surface area contributed by atoms with Crippen molar-refractivity contribution in [1.82, 2.24) is 10.3 Å². The maximum atomic E-state index is 8.63. The van der Waals surface area contributed by atoms with Gasteiger partial charge in [0.2, 0.25) is 0 Å². The fourth-order valence-electron chi connectivity index (χ4n) is 1.81. The maximum Gasteiger partial charge on any atom is 0.188 e. The van der Waals surface area contributed by atoms with Crippen molar-refractivity contribution in [3.63, 3.8) is 0 Å². The fourth-order valence-corrected chi connectivity index (χ4v) is 4.45. The van der Waals surface area contributed by atoms with E-state index in [1.54, 1.807) is 6.20 Å². The summed E-state index contributed by atoms with van der Waals surface area (Å²) in [7, 11) is 0. The highest BCUT2D eigenvalue weighted by atomic mass is 32.2. The second-order valence-electron chi connectivity index (χ2n) is 4.23. The third kappa shape index (κ3) is 4.59. The Morgan fingerprint density at radius 2 is 2.47 bits per heavy atom. The van der Waals surface area contributed by atoms with Crippen molar-refractivity contribution in [2.75, 3.05) is 23.8 Å². The first-order valence-corrected chi connectivity index (χ1v) is 8.33. The van der Waals surface area contributed by atoms with Gasteiger partial charge < -0.3 is 16.3 Å². The Labute approximate surface area is 121 Å². The van der Waals surface area contributed by atoms with Crippen LogP contribution in [0.3, 0.4) is 0 Å². The molecule has 0 aliphatic carbocycles. The summed E-state index contributed by atoms with van der Waals surface area (Å²) in [6.07, 6.45) is 1.68. The smallest absolute Gasteiger partial charge is 0.188 e. The van der Waals surface area contributed by atoms with Crippen LogP contribution in [0, 0.1) is 0 Å². The number of hydrogen-bond acceptors (Lipinski definition) is 6. The average molecular weight is 298 g/mol. The Bertz CT molecular complexity index is 435. The molecular weight excluding hydrogens is 280 g/mol. The van der Waals surface area contributed by atoms with Crippen LogP contribution in [-0.4, -0.2) is 45.1 Å². The van der Waals surface area contributed by atoms with Gasteiger partial charge in [-0.3, -0.25) is 4.98 Å². The largest absolute Gasteiger partial charge is 0.409 e. The molecule has 0 aromatic carbocycles. The van der Waals surface area contributed by atoms with Crippen molar-refractivity contribution in [2.24, 2.45) is 10.9 Å². The van der Waals surface area contributed by atoms with E-state index in [0.29, 0.717) is 10.9 Å². The molecule has 1 aliphatic rings. The number of amidine groups is 1. The molecule has 0 radical (unpaired) electrons. The first-order valence-electron chi connectivity index (χ1n) is 6.12. The van der Waals surface area contributed by atoms with E-state index in [2.05, 4.69) is 15.5 Å². The topological polar surface area (TPSA) is 83.5 Å². The second-order valence-corrected chi connectivity index (χ2v) is 6.79. The molecule has 19 heavy (non-hydrogen) atoms. The minimum absolute atomic E-state index is 0.0427. The van der Waals surface area contributed by atoms with Gasteiger partial charge in [0.1, 0.15) is 5.69 Å². The number of hydrogen-bond donors (Lipinski definition) is 3. The van der Waals surface area contributed by atoms with E-state index in [9.17, 15) is 0 Å². The molecule has 0 amide bonds. The number of pyridine rings is 1. The Morgan fingerprint density at radius 3 is 3.21 bits per heavy atom. The number of rotatable bonds is 5. The van der Waals surface area contributed by atoms with E-state index in [-0.39, 0.29) is 5.84 Å². The number of aromatic nitrogens is 1. The van der Waals surface area contributed by atoms with E-state index < -0.39 is 0 Å². The Kier molecular flexibility index (Phi) is 5.81. The number of thioether (sulfide) groups is 2. The van der Waals surface area contributed by atoms with Gasteiger partial charge >= 0.3 is 0 Å². The minimum atomic E-state index is 0.0427. The maximum absolute atomic E-state index is 8.63. The number of nitrogens with zero attached hydrogens (tertiary/aromatic N) is 2. The van der Waals surface area contributed by atoms with E-state index >= 15 is 0 Å². The van der Waals surface area contributed by atoms with Crippen LogP contribution in [0.4, 0.5) is 0 Å². The summed E-state index contributed by atoms with van der Waals surface area (Å²) in [5.41, 5.74) is 7.11. The summed E-state index contributed by atoms with van der Waals surface area (Å²) in [5.74, 6) is 3.79. The molecule has 1 aliphatic heterocycles. The normalized spacial score (nSPS) is 20.4. The van der Waals surface area contributed by atoms with Crippen LogP contribution >= 0.6 is 23.5 Å². The van der Waals surface area contributed by atoms with E-state index in [0.717, 1.165) is 18.7 Å². The molecule has 7 heteroatoms. The van der Waals surface area contributed by atoms with Gasteiger partial charge in [-0.15, -0.1) is 0 Å². The number of nitrogens with two attached hydrogens (primary N) is 1. The van der Waals surface area contributed by atoms with Crippen LogP contribution in [0.15, 0.2) is 23.5 Å². The molecule has 1 aromatic heterocycles. The fraction of sp³-hybridized carbons (Fsp3) is 0.500. The van der Waals surface area contributed by atoms with Gasteiger partial charge in [-0.2, -0.15) is 23.5 Å². The van der Waals surface area contributed by atoms with Gasteiger partial charge in [0, 0.05) is 41.8 Å². The third-order valence-electron chi connectivity index (χ3n) is 2.78. The molecule has 0 spiro atoms. The van der Waals surface area contributed by atoms with Gasteiger partial charge in [0.15, 0.2) is 5.84 Å². The minimum Gasteiger partial charge on any atom is -0.409 e. The lowest BCUT2D eigenvalue weighted by Crippen LogP contribution is -2.28. The molecule has 1 saturated heterocycles. The monoisotopic (exact) mass is 298 g/mol. The van der Waals surface area contributed by atoms with Gasteiger partial charge in [-0.05, 0) is 17.7 Å². The van der Waals surface area contributed by atoms with Crippen LogP contribution < -0.4 is 11.1 Å². The summed E-state index contributed by atoms with van der Waals surface area (Å²) >= 11 is 4.07. The molecule has 1 aromatic rings. The molecule has 104 valence electrons. The predicted molar refractivity (Wildman–Crippen MR) is 82.0 cm³/mol. The lowest BCUT2D eigenvalue weighted by Gasteiger charge is -2.21. The van der Waals surface area contributed by atoms with Crippen molar-refractivity contribution in [3.05, 3.63) is 29.6 Å². The number of nitrogens with one attached hydrogen (secondary N) is 1. The lowest BCUT2D eigenvalue weighted by atomic mass is 10.2. The molecule has 1 fully saturated rings. The second kappa shape index (κ2) is 7.62. The molecule has 2 heterocycles. The van der Waals surface area contributed by atoms with Gasteiger partial charge in [-0.1, -0.05) is 5.16 Å². The van der Waals surface area contributed by atoms with Crippen molar-refractivity contribution < 1.29 is 5.21 Å². The Morgan fingerprint density at radius 1 is 1.58 bits per heavy atom. The first-order chi connectivity index (χ1) is 9.29. The molecule has 1 unspecified atom stereocenters. The highest BCUT2D eigenvalue weighted by molar-refractivity contribution is 8.06. The predicted octanol–water partition coefficient (Wildman–Crippen LogP) is 1.11. The Balaban J connectivity index is 1.82. The standard InChI is InChI=1S/C12H18N4OS2/c13-12(16-17)11-5-9(1-2-15-11)6-14-7-10-8-18-3-4-19-10/h1-2,5,10,14,17H,3-4,6-8H2,(H2,13,16). The molecule has 5 nitrogen and oxygen atoms in total. The van der Waals surface area contributed by atoms with E-state index in [4.69, 9.17) is 10.9 Å². The SMILES string of the molecule is N/C(=N/O)c1cc(CNCC2CSCCS2)ccn1. The molecule has 1 atom stereocenters. The van der Waals surface area contributed by atoms with Crippen LogP contribution in [0.25, 0.3) is 0 Å². The zero-order valence-corrected chi connectivity index (χ0v) is 12.2. The first kappa shape index (κ1) is 14.5. The summed E-state index contributed by atoms with van der Waals surface area (Å²) in [4.78, 5) is 4.06. The van der Waals surface area contributed by atoms with E-state index in [1.807, 2.05) is 35.7 Å². The number of oxime groups is 1. The highest BCUT2D eigenvalue weighted by Gasteiger charge is 2.13. The Hall–Kier alpha value is -0.920. The zero-order valence-electron chi connectivity index (χ0n) is 10.6. The van der Waals surface area contributed by atoms with Gasteiger partial charge in [0.25, 0.3) is 0 Å². The summed E-state index contributed by atoms with van der Waals surface area (Å²) < 4.78 is 0. The molecule has 2 rings (SSSR count). The third-order valence-corrected chi connectivity index (χ3v) is 5.63. The van der Waals surface area contributed by atoms with Crippen molar-refractivity contribution in [3.8, 4) is 0 Å². The molecular formula is C12H18N4OS2. The lowest BCUT2D eigenvalue weighted by molar-refractivity contribution is 0.318. The van der Waals surface area contributed by atoms with Crippen LogP contribution in [0.5, 0.6) is 0 Å². The van der Waals surface area contributed by atoms with Crippen molar-refractivity contribution in [2.45, 2.75) is 11.8 Å². The van der Waals surface area contributed by atoms with Crippen molar-refractivity contribution in [1.29, 1.82) is 0 Å².